The van der Waals surface area contributed by atoms with Gasteiger partial charge in [0, 0.05) is 40.3 Å². The molecule has 5 rings (SSSR count). The average Bonchev–Trinajstić information content (AvgIpc) is 3.27. The lowest BCUT2D eigenvalue weighted by molar-refractivity contribution is -0.139. The lowest BCUT2D eigenvalue weighted by atomic mass is 10.1. The molecule has 13 heteroatoms. The van der Waals surface area contributed by atoms with E-state index < -0.39 is 24.1 Å². The van der Waals surface area contributed by atoms with Gasteiger partial charge in [0.2, 0.25) is 5.43 Å². The van der Waals surface area contributed by atoms with Crippen molar-refractivity contribution in [2.24, 2.45) is 0 Å². The minimum atomic E-state index is -4.47. The van der Waals surface area contributed by atoms with Gasteiger partial charge >= 0.3 is 6.18 Å². The van der Waals surface area contributed by atoms with Crippen molar-refractivity contribution in [2.45, 2.75) is 32.6 Å². The van der Waals surface area contributed by atoms with E-state index in [9.17, 15) is 22.8 Å². The van der Waals surface area contributed by atoms with Gasteiger partial charge in [-0.25, -0.2) is 9.97 Å². The van der Waals surface area contributed by atoms with E-state index in [1.807, 2.05) is 13.8 Å². The number of rotatable bonds is 6. The van der Waals surface area contributed by atoms with Crippen molar-refractivity contribution in [3.8, 4) is 22.3 Å². The van der Waals surface area contributed by atoms with E-state index in [0.29, 0.717) is 33.0 Å². The SMILES string of the molecule is CC(C)n1cc(-c2ccc(Cl)cc2)c(=O)c(C(=O)Nc2ccc(-c3cn(CC(F)(F)F)c4ncnc(N)c34)cc2)n1. The summed E-state index contributed by atoms with van der Waals surface area (Å²) in [5, 5.41) is 7.72. The quantitative estimate of drug-likeness (QED) is 0.255. The molecule has 41 heavy (non-hydrogen) atoms. The van der Waals surface area contributed by atoms with Crippen molar-refractivity contribution >= 4 is 40.0 Å². The highest BCUT2D eigenvalue weighted by molar-refractivity contribution is 6.30. The first-order chi connectivity index (χ1) is 19.4. The van der Waals surface area contributed by atoms with E-state index in [1.54, 1.807) is 54.7 Å². The van der Waals surface area contributed by atoms with Crippen molar-refractivity contribution in [1.82, 2.24) is 24.3 Å². The van der Waals surface area contributed by atoms with Crippen LogP contribution in [0.2, 0.25) is 5.02 Å². The molecule has 3 aromatic heterocycles. The average molecular weight is 582 g/mol. The number of nitrogens with one attached hydrogen (secondary N) is 1. The number of halogens is 4. The Morgan fingerprint density at radius 1 is 1.00 bits per heavy atom. The lowest BCUT2D eigenvalue weighted by Gasteiger charge is -2.14. The van der Waals surface area contributed by atoms with Gasteiger partial charge in [-0.05, 0) is 49.2 Å². The van der Waals surface area contributed by atoms with Gasteiger partial charge in [-0.1, -0.05) is 35.9 Å². The zero-order valence-corrected chi connectivity index (χ0v) is 22.5. The molecule has 0 saturated heterocycles. The number of anilines is 2. The second kappa shape index (κ2) is 10.7. The Labute approximate surface area is 236 Å². The van der Waals surface area contributed by atoms with Crippen LogP contribution in [0.25, 0.3) is 33.3 Å². The summed E-state index contributed by atoms with van der Waals surface area (Å²) in [6.45, 7) is 2.49. The van der Waals surface area contributed by atoms with Crippen LogP contribution in [0.5, 0.6) is 0 Å². The van der Waals surface area contributed by atoms with Crippen molar-refractivity contribution in [2.75, 3.05) is 11.1 Å². The summed E-state index contributed by atoms with van der Waals surface area (Å²) in [6, 6.07) is 12.9. The third kappa shape index (κ3) is 5.78. The molecular weight excluding hydrogens is 559 g/mol. The second-order valence-corrected chi connectivity index (χ2v) is 10.0. The van der Waals surface area contributed by atoms with Gasteiger partial charge < -0.3 is 15.6 Å². The Morgan fingerprint density at radius 2 is 1.63 bits per heavy atom. The van der Waals surface area contributed by atoms with Gasteiger partial charge in [-0.2, -0.15) is 18.3 Å². The molecule has 0 fully saturated rings. The van der Waals surface area contributed by atoms with Crippen LogP contribution in [0.15, 0.2) is 72.0 Å². The van der Waals surface area contributed by atoms with Crippen LogP contribution in [0.4, 0.5) is 24.7 Å². The van der Waals surface area contributed by atoms with Gasteiger partial charge in [-0.3, -0.25) is 14.3 Å². The summed E-state index contributed by atoms with van der Waals surface area (Å²) in [5.74, 6) is -0.677. The molecule has 210 valence electrons. The Balaban J connectivity index is 1.47. The summed E-state index contributed by atoms with van der Waals surface area (Å²) >= 11 is 5.99. The number of aromatic nitrogens is 5. The minimum absolute atomic E-state index is 0.0383. The molecule has 9 nitrogen and oxygen atoms in total. The Bertz CT molecular complexity index is 1810. The highest BCUT2D eigenvalue weighted by Crippen LogP contribution is 2.34. The van der Waals surface area contributed by atoms with E-state index >= 15 is 0 Å². The van der Waals surface area contributed by atoms with Gasteiger partial charge in [0.05, 0.1) is 5.39 Å². The fourth-order valence-electron chi connectivity index (χ4n) is 4.36. The summed E-state index contributed by atoms with van der Waals surface area (Å²) in [6.07, 6.45) is -0.454. The zero-order valence-electron chi connectivity index (χ0n) is 21.8. The number of nitrogens with zero attached hydrogens (tertiary/aromatic N) is 5. The first kappa shape index (κ1) is 27.8. The first-order valence-corrected chi connectivity index (χ1v) is 12.8. The molecule has 0 aliphatic carbocycles. The molecule has 0 unspecified atom stereocenters. The van der Waals surface area contributed by atoms with Crippen LogP contribution in [-0.4, -0.2) is 36.4 Å². The van der Waals surface area contributed by atoms with Crippen LogP contribution >= 0.6 is 11.6 Å². The maximum absolute atomic E-state index is 13.3. The van der Waals surface area contributed by atoms with E-state index in [1.165, 1.54) is 10.9 Å². The predicted molar refractivity (Wildman–Crippen MR) is 151 cm³/mol. The number of nitrogen functional groups attached to an aromatic ring is 1. The maximum atomic E-state index is 13.3. The normalized spacial score (nSPS) is 11.8. The Morgan fingerprint density at radius 3 is 2.27 bits per heavy atom. The van der Waals surface area contributed by atoms with Crippen molar-refractivity contribution in [3.63, 3.8) is 0 Å². The number of amides is 1. The minimum Gasteiger partial charge on any atom is -0.383 e. The zero-order chi connectivity index (χ0) is 29.5. The first-order valence-electron chi connectivity index (χ1n) is 12.4. The smallest absolute Gasteiger partial charge is 0.383 e. The summed E-state index contributed by atoms with van der Waals surface area (Å²) in [7, 11) is 0. The number of fused-ring (bicyclic) bond motifs is 1. The van der Waals surface area contributed by atoms with E-state index in [-0.39, 0.29) is 28.6 Å². The third-order valence-corrected chi connectivity index (χ3v) is 6.57. The molecule has 1 amide bonds. The predicted octanol–water partition coefficient (Wildman–Crippen LogP) is 5.95. The molecular formula is C28H23ClF3N7O2. The van der Waals surface area contributed by atoms with Crippen molar-refractivity contribution < 1.29 is 18.0 Å². The molecule has 2 aromatic carbocycles. The highest BCUT2D eigenvalue weighted by Gasteiger charge is 2.30. The van der Waals surface area contributed by atoms with Gasteiger partial charge in [-0.15, -0.1) is 0 Å². The molecule has 0 radical (unpaired) electrons. The monoisotopic (exact) mass is 581 g/mol. The van der Waals surface area contributed by atoms with Crippen LogP contribution < -0.4 is 16.5 Å². The van der Waals surface area contributed by atoms with Gasteiger partial charge in [0.1, 0.15) is 24.3 Å². The molecule has 3 heterocycles. The maximum Gasteiger partial charge on any atom is 0.406 e. The summed E-state index contributed by atoms with van der Waals surface area (Å²) < 4.78 is 42.0. The molecule has 5 aromatic rings. The van der Waals surface area contributed by atoms with Crippen LogP contribution in [-0.2, 0) is 6.54 Å². The Hall–Kier alpha value is -4.71. The van der Waals surface area contributed by atoms with E-state index in [4.69, 9.17) is 17.3 Å². The molecule has 0 atom stereocenters. The fourth-order valence-corrected chi connectivity index (χ4v) is 4.49. The number of carbonyl (C=O) groups excluding carboxylic acids is 1. The lowest BCUT2D eigenvalue weighted by Crippen LogP contribution is -2.28. The number of alkyl halides is 3. The van der Waals surface area contributed by atoms with Crippen LogP contribution in [0.3, 0.4) is 0 Å². The van der Waals surface area contributed by atoms with Crippen LogP contribution in [0, 0.1) is 0 Å². The highest BCUT2D eigenvalue weighted by atomic mass is 35.5. The number of nitrogens with two attached hydrogens (primary N) is 1. The molecule has 0 aliphatic heterocycles. The molecule has 3 N–H and O–H groups in total. The number of benzene rings is 2. The number of carbonyl (C=O) groups is 1. The van der Waals surface area contributed by atoms with Gasteiger partial charge in [0.15, 0.2) is 5.69 Å². The molecule has 0 saturated carbocycles. The summed E-state index contributed by atoms with van der Waals surface area (Å²) in [5.41, 5.74) is 7.35. The number of hydrogen-bond acceptors (Lipinski definition) is 6. The van der Waals surface area contributed by atoms with E-state index in [2.05, 4.69) is 20.4 Å². The van der Waals surface area contributed by atoms with Crippen molar-refractivity contribution in [1.29, 1.82) is 0 Å². The largest absolute Gasteiger partial charge is 0.406 e. The second-order valence-electron chi connectivity index (χ2n) is 9.58. The third-order valence-electron chi connectivity index (χ3n) is 6.32. The Kier molecular flexibility index (Phi) is 7.26. The fraction of sp³-hybridized carbons (Fsp3) is 0.179. The van der Waals surface area contributed by atoms with Crippen LogP contribution in [0.1, 0.15) is 30.4 Å². The van der Waals surface area contributed by atoms with E-state index in [0.717, 1.165) is 10.9 Å². The van der Waals surface area contributed by atoms with Crippen molar-refractivity contribution in [3.05, 3.63) is 88.2 Å². The van der Waals surface area contributed by atoms with Gasteiger partial charge in [0.25, 0.3) is 5.91 Å². The molecule has 0 aliphatic rings. The molecule has 0 bridgehead atoms. The number of hydrogen-bond donors (Lipinski definition) is 2. The topological polar surface area (TPSA) is 121 Å². The standard InChI is InChI=1S/C28H23ClF3N7O2/c1-15(2)39-12-21(17-3-7-18(29)8-4-17)24(40)23(37-39)27(41)36-19-9-5-16(6-10-19)20-11-38(13-28(30,31)32)26-22(20)25(33)34-14-35-26/h3-12,14-15H,13H2,1-2H3,(H,36,41)(H2,33,34,35). The summed E-state index contributed by atoms with van der Waals surface area (Å²) in [4.78, 5) is 34.4. The molecule has 0 spiro atoms.